The number of carbonyl (C=O) groups excluding carboxylic acids is 1. The van der Waals surface area contributed by atoms with Gasteiger partial charge in [-0.05, 0) is 36.6 Å². The number of carboxylic acid groups (broad SMARTS) is 1. The minimum Gasteiger partial charge on any atom is -0.497 e. The lowest BCUT2D eigenvalue weighted by Crippen LogP contribution is -2.39. The fourth-order valence-corrected chi connectivity index (χ4v) is 3.45. The van der Waals surface area contributed by atoms with Crippen LogP contribution in [0.15, 0.2) is 53.3 Å². The van der Waals surface area contributed by atoms with E-state index in [1.807, 2.05) is 24.3 Å². The molecule has 1 heterocycles. The Labute approximate surface area is 172 Å². The zero-order valence-corrected chi connectivity index (χ0v) is 16.4. The molecule has 1 aliphatic rings. The number of aromatic nitrogens is 2. The number of amides is 1. The van der Waals surface area contributed by atoms with Crippen molar-refractivity contribution in [1.82, 2.24) is 14.7 Å². The maximum Gasteiger partial charge on any atom is 0.357 e. The summed E-state index contributed by atoms with van der Waals surface area (Å²) in [5.41, 5.74) is 0.219. The fourth-order valence-electron chi connectivity index (χ4n) is 3.45. The second kappa shape index (κ2) is 7.98. The molecule has 0 atom stereocenters. The first-order valence-electron chi connectivity index (χ1n) is 9.63. The summed E-state index contributed by atoms with van der Waals surface area (Å²) in [6.07, 6.45) is 1.81. The number of hydrogen-bond donors (Lipinski definition) is 1. The molecule has 0 bridgehead atoms. The van der Waals surface area contributed by atoms with E-state index in [1.165, 1.54) is 0 Å². The second-order valence-electron chi connectivity index (χ2n) is 7.26. The summed E-state index contributed by atoms with van der Waals surface area (Å²) in [6, 6.07) is 14.0. The van der Waals surface area contributed by atoms with Gasteiger partial charge in [0, 0.05) is 18.0 Å². The van der Waals surface area contributed by atoms with Crippen molar-refractivity contribution in [3.8, 4) is 5.75 Å². The molecule has 8 nitrogen and oxygen atoms in total. The molecule has 1 fully saturated rings. The minimum absolute atomic E-state index is 0.120. The van der Waals surface area contributed by atoms with Gasteiger partial charge in [0.05, 0.1) is 12.5 Å². The Kier molecular flexibility index (Phi) is 5.22. The first-order valence-corrected chi connectivity index (χ1v) is 9.63. The highest BCUT2D eigenvalue weighted by atomic mass is 16.5. The molecule has 30 heavy (non-hydrogen) atoms. The molecule has 1 amide bonds. The van der Waals surface area contributed by atoms with Gasteiger partial charge in [0.25, 0.3) is 5.56 Å². The first-order chi connectivity index (χ1) is 14.5. The molecule has 1 aromatic heterocycles. The number of aromatic carboxylic acids is 1. The van der Waals surface area contributed by atoms with Crippen LogP contribution in [0.1, 0.15) is 28.9 Å². The van der Waals surface area contributed by atoms with Crippen molar-refractivity contribution < 1.29 is 19.4 Å². The van der Waals surface area contributed by atoms with Crippen LogP contribution in [-0.2, 0) is 17.9 Å². The molecule has 1 saturated carbocycles. The number of methoxy groups -OCH3 is 1. The van der Waals surface area contributed by atoms with Gasteiger partial charge in [0.2, 0.25) is 5.91 Å². The van der Waals surface area contributed by atoms with Crippen molar-refractivity contribution >= 4 is 22.6 Å². The van der Waals surface area contributed by atoms with E-state index in [2.05, 4.69) is 5.10 Å². The molecular formula is C22H21N3O5. The summed E-state index contributed by atoms with van der Waals surface area (Å²) in [7, 11) is 1.59. The van der Waals surface area contributed by atoms with Crippen molar-refractivity contribution in [2.24, 2.45) is 0 Å². The van der Waals surface area contributed by atoms with Crippen molar-refractivity contribution in [3.63, 3.8) is 0 Å². The quantitative estimate of drug-likeness (QED) is 0.645. The van der Waals surface area contributed by atoms with Gasteiger partial charge in [-0.1, -0.05) is 30.3 Å². The van der Waals surface area contributed by atoms with E-state index in [9.17, 15) is 19.5 Å². The van der Waals surface area contributed by atoms with Crippen molar-refractivity contribution in [2.45, 2.75) is 32.0 Å². The Morgan fingerprint density at radius 1 is 1.13 bits per heavy atom. The third-order valence-corrected chi connectivity index (χ3v) is 5.18. The Bertz CT molecular complexity index is 1170. The fraction of sp³-hybridized carbons (Fsp3) is 0.273. The monoisotopic (exact) mass is 407 g/mol. The van der Waals surface area contributed by atoms with E-state index in [-0.39, 0.29) is 35.0 Å². The Balaban J connectivity index is 1.62. The lowest BCUT2D eigenvalue weighted by Gasteiger charge is -2.23. The summed E-state index contributed by atoms with van der Waals surface area (Å²) in [5, 5.41) is 14.0. The second-order valence-corrected chi connectivity index (χ2v) is 7.26. The molecule has 3 aromatic rings. The number of nitrogens with zero attached hydrogens (tertiary/aromatic N) is 3. The highest BCUT2D eigenvalue weighted by molar-refractivity contribution is 6.01. The highest BCUT2D eigenvalue weighted by Gasteiger charge is 2.33. The number of ether oxygens (including phenoxy) is 1. The summed E-state index contributed by atoms with van der Waals surface area (Å²) in [6.45, 7) is 0.0955. The Morgan fingerprint density at radius 3 is 2.40 bits per heavy atom. The minimum atomic E-state index is -1.25. The summed E-state index contributed by atoms with van der Waals surface area (Å²) < 4.78 is 6.12. The molecule has 4 rings (SSSR count). The molecule has 1 aliphatic carbocycles. The maximum absolute atomic E-state index is 13.0. The molecule has 0 spiro atoms. The van der Waals surface area contributed by atoms with Crippen molar-refractivity contribution in [1.29, 1.82) is 0 Å². The van der Waals surface area contributed by atoms with Crippen molar-refractivity contribution in [3.05, 3.63) is 70.1 Å². The van der Waals surface area contributed by atoms with Crippen LogP contribution in [0, 0.1) is 0 Å². The van der Waals surface area contributed by atoms with Crippen LogP contribution in [0.2, 0.25) is 0 Å². The molecule has 1 N–H and O–H groups in total. The Hall–Kier alpha value is -3.68. The normalized spacial score (nSPS) is 13.2. The average Bonchev–Trinajstić information content (AvgIpc) is 3.59. The van der Waals surface area contributed by atoms with Gasteiger partial charge in [0.1, 0.15) is 12.3 Å². The first kappa shape index (κ1) is 19.6. The number of rotatable bonds is 7. The van der Waals surface area contributed by atoms with E-state index in [0.29, 0.717) is 6.54 Å². The van der Waals surface area contributed by atoms with E-state index in [4.69, 9.17) is 4.74 Å². The van der Waals surface area contributed by atoms with Crippen LogP contribution < -0.4 is 10.3 Å². The van der Waals surface area contributed by atoms with Gasteiger partial charge < -0.3 is 14.7 Å². The molecule has 8 heteroatoms. The predicted octanol–water partition coefficient (Wildman–Crippen LogP) is 2.29. The highest BCUT2D eigenvalue weighted by Crippen LogP contribution is 2.29. The van der Waals surface area contributed by atoms with Gasteiger partial charge in [-0.3, -0.25) is 9.59 Å². The molecule has 0 unspecified atom stereocenters. The lowest BCUT2D eigenvalue weighted by molar-refractivity contribution is -0.133. The maximum atomic E-state index is 13.0. The van der Waals surface area contributed by atoms with Crippen LogP contribution in [0.4, 0.5) is 0 Å². The van der Waals surface area contributed by atoms with Gasteiger partial charge in [-0.25, -0.2) is 9.48 Å². The van der Waals surface area contributed by atoms with Gasteiger partial charge in [-0.15, -0.1) is 0 Å². The SMILES string of the molecule is COc1ccc(CN(C(=O)Cn2nc(C(=O)O)c3ccccc3c2=O)C2CC2)cc1. The summed E-state index contributed by atoms with van der Waals surface area (Å²) >= 11 is 0. The third-order valence-electron chi connectivity index (χ3n) is 5.18. The van der Waals surface area contributed by atoms with Crippen LogP contribution >= 0.6 is 0 Å². The van der Waals surface area contributed by atoms with Gasteiger partial charge >= 0.3 is 5.97 Å². The number of carboxylic acids is 1. The van der Waals surface area contributed by atoms with E-state index >= 15 is 0 Å². The van der Waals surface area contributed by atoms with Crippen LogP contribution in [0.5, 0.6) is 5.75 Å². The zero-order valence-electron chi connectivity index (χ0n) is 16.4. The summed E-state index contributed by atoms with van der Waals surface area (Å²) in [5.74, 6) is -0.782. The van der Waals surface area contributed by atoms with Gasteiger partial charge in [0.15, 0.2) is 5.69 Å². The van der Waals surface area contributed by atoms with Gasteiger partial charge in [-0.2, -0.15) is 5.10 Å². The topological polar surface area (TPSA) is 102 Å². The average molecular weight is 407 g/mol. The van der Waals surface area contributed by atoms with Crippen LogP contribution in [0.25, 0.3) is 10.8 Å². The lowest BCUT2D eigenvalue weighted by atomic mass is 10.1. The zero-order chi connectivity index (χ0) is 21.3. The number of carbonyl (C=O) groups is 2. The standard InChI is InChI=1S/C22H21N3O5/c1-30-16-10-6-14(7-11-16)12-24(15-8-9-15)19(26)13-25-21(27)18-5-3-2-4-17(18)20(23-25)22(28)29/h2-7,10-11,15H,8-9,12-13H2,1H3,(H,28,29). The predicted molar refractivity (Wildman–Crippen MR) is 110 cm³/mol. The van der Waals surface area contributed by atoms with Crippen LogP contribution in [-0.4, -0.2) is 44.8 Å². The molecular weight excluding hydrogens is 386 g/mol. The van der Waals surface area contributed by atoms with E-state index in [0.717, 1.165) is 28.8 Å². The summed E-state index contributed by atoms with van der Waals surface area (Å²) in [4.78, 5) is 39.2. The number of benzene rings is 2. The number of hydrogen-bond acceptors (Lipinski definition) is 5. The van der Waals surface area contributed by atoms with E-state index in [1.54, 1.807) is 36.3 Å². The largest absolute Gasteiger partial charge is 0.497 e. The third kappa shape index (κ3) is 3.89. The molecule has 154 valence electrons. The smallest absolute Gasteiger partial charge is 0.357 e. The van der Waals surface area contributed by atoms with E-state index < -0.39 is 11.5 Å². The molecule has 2 aromatic carbocycles. The molecule has 0 saturated heterocycles. The van der Waals surface area contributed by atoms with Crippen LogP contribution in [0.3, 0.4) is 0 Å². The molecule has 0 radical (unpaired) electrons. The molecule has 0 aliphatic heterocycles. The van der Waals surface area contributed by atoms with Crippen molar-refractivity contribution in [2.75, 3.05) is 7.11 Å². The Morgan fingerprint density at radius 2 is 1.80 bits per heavy atom. The number of fused-ring (bicyclic) bond motifs is 1.